The molecule has 0 atom stereocenters. The summed E-state index contributed by atoms with van der Waals surface area (Å²) in [6.07, 6.45) is 0. The summed E-state index contributed by atoms with van der Waals surface area (Å²) in [5.74, 6) is 0.0603. The van der Waals surface area contributed by atoms with Gasteiger partial charge in [0.1, 0.15) is 5.82 Å². The lowest BCUT2D eigenvalue weighted by molar-refractivity contribution is 0.628. The van der Waals surface area contributed by atoms with Crippen molar-refractivity contribution in [3.63, 3.8) is 0 Å². The lowest BCUT2D eigenvalue weighted by atomic mass is 9.99. The molecule has 0 radical (unpaired) electrons. The summed E-state index contributed by atoms with van der Waals surface area (Å²) in [5, 5.41) is 7.62. The summed E-state index contributed by atoms with van der Waals surface area (Å²) in [6.45, 7) is 1.93. The molecule has 21 heavy (non-hydrogen) atoms. The van der Waals surface area contributed by atoms with Crippen molar-refractivity contribution in [2.75, 3.05) is 5.73 Å². The maximum Gasteiger partial charge on any atom is 0.153 e. The molecule has 3 nitrogen and oxygen atoms in total. The molecule has 0 aliphatic heterocycles. The van der Waals surface area contributed by atoms with Crippen LogP contribution >= 0.6 is 11.6 Å². The highest BCUT2D eigenvalue weighted by atomic mass is 35.5. The lowest BCUT2D eigenvalue weighted by Gasteiger charge is -2.08. The highest BCUT2D eigenvalue weighted by Gasteiger charge is 2.17. The number of nitrogens with one attached hydrogen (secondary N) is 1. The molecule has 0 bridgehead atoms. The molecule has 0 saturated heterocycles. The topological polar surface area (TPSA) is 54.7 Å². The number of H-pyrrole nitrogens is 1. The fourth-order valence-corrected chi connectivity index (χ4v) is 2.52. The predicted molar refractivity (Wildman–Crippen MR) is 83.6 cm³/mol. The van der Waals surface area contributed by atoms with Crippen molar-refractivity contribution in [3.05, 3.63) is 58.9 Å². The molecule has 0 fully saturated rings. The van der Waals surface area contributed by atoms with Crippen LogP contribution in [0.5, 0.6) is 0 Å². The quantitative estimate of drug-likeness (QED) is 0.736. The summed E-state index contributed by atoms with van der Waals surface area (Å²) < 4.78 is 13.1. The second-order valence-corrected chi connectivity index (χ2v) is 5.18. The summed E-state index contributed by atoms with van der Waals surface area (Å²) in [7, 11) is 0. The van der Waals surface area contributed by atoms with Gasteiger partial charge in [-0.1, -0.05) is 41.9 Å². The molecule has 0 aliphatic carbocycles. The van der Waals surface area contributed by atoms with E-state index in [0.717, 1.165) is 27.9 Å². The fourth-order valence-electron chi connectivity index (χ4n) is 2.30. The van der Waals surface area contributed by atoms with E-state index in [1.807, 2.05) is 25.1 Å². The first kappa shape index (κ1) is 13.6. The van der Waals surface area contributed by atoms with Gasteiger partial charge in [-0.05, 0) is 30.2 Å². The Bertz CT molecular complexity index is 794. The third kappa shape index (κ3) is 2.38. The van der Waals surface area contributed by atoms with Gasteiger partial charge in [0.15, 0.2) is 5.82 Å². The molecule has 0 aliphatic rings. The zero-order valence-electron chi connectivity index (χ0n) is 11.3. The number of hydrogen-bond acceptors (Lipinski definition) is 2. The van der Waals surface area contributed by atoms with E-state index < -0.39 is 0 Å². The predicted octanol–water partition coefficient (Wildman–Crippen LogP) is 4.43. The van der Waals surface area contributed by atoms with E-state index in [0.29, 0.717) is 10.8 Å². The second-order valence-electron chi connectivity index (χ2n) is 4.80. The van der Waals surface area contributed by atoms with E-state index in [9.17, 15) is 4.39 Å². The van der Waals surface area contributed by atoms with E-state index in [2.05, 4.69) is 10.2 Å². The van der Waals surface area contributed by atoms with Crippen LogP contribution in [0.4, 0.5) is 10.2 Å². The molecular formula is C16H13ClFN3. The number of nitrogen functional groups attached to an aromatic ring is 1. The molecular weight excluding hydrogens is 289 g/mol. The van der Waals surface area contributed by atoms with E-state index in [-0.39, 0.29) is 5.82 Å². The zero-order chi connectivity index (χ0) is 15.0. The Hall–Kier alpha value is -2.33. The van der Waals surface area contributed by atoms with Crippen LogP contribution < -0.4 is 5.73 Å². The van der Waals surface area contributed by atoms with Crippen molar-refractivity contribution in [1.82, 2.24) is 10.2 Å². The Morgan fingerprint density at radius 1 is 1.14 bits per heavy atom. The third-order valence-electron chi connectivity index (χ3n) is 3.39. The zero-order valence-corrected chi connectivity index (χ0v) is 12.1. The van der Waals surface area contributed by atoms with Crippen molar-refractivity contribution in [1.29, 1.82) is 0 Å². The summed E-state index contributed by atoms with van der Waals surface area (Å²) >= 11 is 6.37. The average molecular weight is 302 g/mol. The van der Waals surface area contributed by atoms with Gasteiger partial charge in [0.2, 0.25) is 0 Å². The van der Waals surface area contributed by atoms with Gasteiger partial charge in [-0.3, -0.25) is 5.10 Å². The number of hydrogen-bond donors (Lipinski definition) is 2. The molecule has 1 aromatic heterocycles. The highest BCUT2D eigenvalue weighted by molar-refractivity contribution is 6.34. The lowest BCUT2D eigenvalue weighted by Crippen LogP contribution is -1.90. The Morgan fingerprint density at radius 3 is 2.57 bits per heavy atom. The van der Waals surface area contributed by atoms with Gasteiger partial charge in [-0.2, -0.15) is 5.10 Å². The largest absolute Gasteiger partial charge is 0.382 e. The van der Waals surface area contributed by atoms with Crippen LogP contribution in [-0.2, 0) is 0 Å². The number of rotatable bonds is 2. The van der Waals surface area contributed by atoms with Crippen LogP contribution in [0.3, 0.4) is 0 Å². The molecule has 0 spiro atoms. The number of nitrogens with two attached hydrogens (primary N) is 1. The second kappa shape index (κ2) is 5.22. The van der Waals surface area contributed by atoms with E-state index >= 15 is 0 Å². The minimum absolute atomic E-state index is 0.295. The van der Waals surface area contributed by atoms with E-state index in [1.54, 1.807) is 12.1 Å². The van der Waals surface area contributed by atoms with Crippen LogP contribution in [-0.4, -0.2) is 10.2 Å². The molecule has 5 heteroatoms. The van der Waals surface area contributed by atoms with Crippen molar-refractivity contribution in [2.24, 2.45) is 0 Å². The molecule has 1 heterocycles. The van der Waals surface area contributed by atoms with Gasteiger partial charge in [0.25, 0.3) is 0 Å². The normalized spacial score (nSPS) is 10.8. The number of aryl methyl sites for hydroxylation is 1. The molecule has 0 unspecified atom stereocenters. The van der Waals surface area contributed by atoms with Crippen LogP contribution in [0, 0.1) is 12.7 Å². The van der Waals surface area contributed by atoms with Crippen LogP contribution in [0.15, 0.2) is 42.5 Å². The van der Waals surface area contributed by atoms with Crippen LogP contribution in [0.25, 0.3) is 22.4 Å². The Labute approximate surface area is 126 Å². The number of anilines is 1. The van der Waals surface area contributed by atoms with Crippen molar-refractivity contribution >= 4 is 17.4 Å². The fraction of sp³-hybridized carbons (Fsp3) is 0.0625. The van der Waals surface area contributed by atoms with Gasteiger partial charge >= 0.3 is 0 Å². The first-order valence-corrected chi connectivity index (χ1v) is 6.81. The number of benzene rings is 2. The summed E-state index contributed by atoms with van der Waals surface area (Å²) in [4.78, 5) is 0. The van der Waals surface area contributed by atoms with Gasteiger partial charge in [0, 0.05) is 5.56 Å². The number of nitrogens with zero attached hydrogens (tertiary/aromatic N) is 1. The van der Waals surface area contributed by atoms with Crippen LogP contribution in [0.1, 0.15) is 5.56 Å². The molecule has 3 rings (SSSR count). The first-order valence-electron chi connectivity index (χ1n) is 6.43. The average Bonchev–Trinajstić information content (AvgIpc) is 2.85. The molecule has 3 aromatic rings. The van der Waals surface area contributed by atoms with E-state index in [4.69, 9.17) is 17.3 Å². The van der Waals surface area contributed by atoms with Gasteiger partial charge in [-0.15, -0.1) is 0 Å². The smallest absolute Gasteiger partial charge is 0.153 e. The Kier molecular flexibility index (Phi) is 3.39. The molecule has 2 aromatic carbocycles. The Balaban J connectivity index is 2.22. The standard InChI is InChI=1S/C16H13ClFN3/c1-9-3-2-4-12(14(9)17)15-13(16(19)21-20-15)10-5-7-11(18)8-6-10/h2-8H,1H3,(H3,19,20,21). The minimum atomic E-state index is -0.295. The maximum atomic E-state index is 13.1. The van der Waals surface area contributed by atoms with Gasteiger partial charge in [0.05, 0.1) is 16.3 Å². The molecule has 0 saturated carbocycles. The van der Waals surface area contributed by atoms with Crippen molar-refractivity contribution < 1.29 is 4.39 Å². The van der Waals surface area contributed by atoms with Crippen LogP contribution in [0.2, 0.25) is 5.02 Å². The summed E-state index contributed by atoms with van der Waals surface area (Å²) in [6, 6.07) is 11.9. The third-order valence-corrected chi connectivity index (χ3v) is 3.89. The summed E-state index contributed by atoms with van der Waals surface area (Å²) in [5.41, 5.74) is 9.98. The van der Waals surface area contributed by atoms with Crippen molar-refractivity contribution in [2.45, 2.75) is 6.92 Å². The van der Waals surface area contributed by atoms with Gasteiger partial charge < -0.3 is 5.73 Å². The number of aromatic nitrogens is 2. The maximum absolute atomic E-state index is 13.1. The highest BCUT2D eigenvalue weighted by Crippen LogP contribution is 2.38. The van der Waals surface area contributed by atoms with Gasteiger partial charge in [-0.25, -0.2) is 4.39 Å². The number of aromatic amines is 1. The molecule has 3 N–H and O–H groups in total. The number of halogens is 2. The minimum Gasteiger partial charge on any atom is -0.382 e. The SMILES string of the molecule is Cc1cccc(-c2[nH]nc(N)c2-c2ccc(F)cc2)c1Cl. The molecule has 0 amide bonds. The van der Waals surface area contributed by atoms with Crippen molar-refractivity contribution in [3.8, 4) is 22.4 Å². The Morgan fingerprint density at radius 2 is 1.86 bits per heavy atom. The monoisotopic (exact) mass is 301 g/mol. The molecule has 106 valence electrons. The van der Waals surface area contributed by atoms with E-state index in [1.165, 1.54) is 12.1 Å². The first-order chi connectivity index (χ1) is 10.1.